The maximum Gasteiger partial charge on any atom is 0.181 e. The van der Waals surface area contributed by atoms with E-state index in [0.717, 1.165) is 0 Å². The lowest BCUT2D eigenvalue weighted by Gasteiger charge is -2.20. The van der Waals surface area contributed by atoms with Crippen LogP contribution >= 0.6 is 39.1 Å². The van der Waals surface area contributed by atoms with Gasteiger partial charge in [-0.25, -0.2) is 0 Å². The molecule has 0 aliphatic carbocycles. The van der Waals surface area contributed by atoms with Gasteiger partial charge in [-0.2, -0.15) is 0 Å². The van der Waals surface area contributed by atoms with Gasteiger partial charge in [0.05, 0.1) is 0 Å². The van der Waals surface area contributed by atoms with E-state index in [1.807, 2.05) is 18.2 Å². The number of carbonyl (C=O) groups is 1. The lowest BCUT2D eigenvalue weighted by Crippen LogP contribution is -2.36. The van der Waals surface area contributed by atoms with Crippen molar-refractivity contribution in [2.75, 3.05) is 11.8 Å². The summed E-state index contributed by atoms with van der Waals surface area (Å²) in [5, 5.41) is 0. The first-order valence-electron chi connectivity index (χ1n) is 4.05. The molecule has 0 saturated heterocycles. The van der Waals surface area contributed by atoms with E-state index in [1.165, 1.54) is 0 Å². The molecule has 1 aromatic carbocycles. The van der Waals surface area contributed by atoms with Crippen LogP contribution in [0.25, 0.3) is 0 Å². The molecule has 1 nitrogen and oxygen atoms in total. The molecule has 14 heavy (non-hydrogen) atoms. The van der Waals surface area contributed by atoms with Crippen LogP contribution in [0.1, 0.15) is 10.4 Å². The average Bonchev–Trinajstić information content (AvgIpc) is 2.28. The van der Waals surface area contributed by atoms with Crippen LogP contribution in [0.2, 0.25) is 0 Å². The Kier molecular flexibility index (Phi) is 4.42. The quantitative estimate of drug-likeness (QED) is 0.614. The van der Waals surface area contributed by atoms with Crippen LogP contribution in [0.5, 0.6) is 0 Å². The molecule has 0 unspecified atom stereocenters. The van der Waals surface area contributed by atoms with Gasteiger partial charge in [-0.05, 0) is 0 Å². The van der Waals surface area contributed by atoms with Crippen LogP contribution in [-0.4, -0.2) is 21.9 Å². The predicted octanol–water partition coefficient (Wildman–Crippen LogP) is 3.48. The molecule has 1 rings (SSSR count). The highest BCUT2D eigenvalue weighted by Crippen LogP contribution is 2.26. The van der Waals surface area contributed by atoms with Gasteiger partial charge in [0.25, 0.3) is 0 Å². The van der Waals surface area contributed by atoms with Crippen molar-refractivity contribution < 1.29 is 4.79 Å². The van der Waals surface area contributed by atoms with Crippen molar-refractivity contribution in [3.63, 3.8) is 0 Å². The fourth-order valence-corrected chi connectivity index (χ4v) is 1.76. The monoisotopic (exact) mass is 294 g/mol. The topological polar surface area (TPSA) is 17.1 Å². The molecule has 0 atom stereocenters. The number of halogens is 3. The van der Waals surface area contributed by atoms with Gasteiger partial charge in [-0.3, -0.25) is 4.79 Å². The second-order valence-electron chi connectivity index (χ2n) is 2.93. The number of rotatable bonds is 4. The van der Waals surface area contributed by atoms with Gasteiger partial charge in [0.15, 0.2) is 5.78 Å². The van der Waals surface area contributed by atoms with E-state index in [1.54, 1.807) is 12.1 Å². The molecule has 4 heteroatoms. The lowest BCUT2D eigenvalue weighted by molar-refractivity contribution is 0.0964. The zero-order valence-corrected chi connectivity index (χ0v) is 10.4. The number of alkyl halides is 3. The van der Waals surface area contributed by atoms with Gasteiger partial charge < -0.3 is 0 Å². The van der Waals surface area contributed by atoms with Crippen molar-refractivity contribution in [3.8, 4) is 0 Å². The summed E-state index contributed by atoms with van der Waals surface area (Å²) in [6, 6.07) is 8.97. The molecule has 0 heterocycles. The minimum absolute atomic E-state index is 0.0805. The summed E-state index contributed by atoms with van der Waals surface area (Å²) in [6.07, 6.45) is 0. The second-order valence-corrected chi connectivity index (χ2v) is 4.98. The summed E-state index contributed by atoms with van der Waals surface area (Å²) >= 11 is 14.7. The smallest absolute Gasteiger partial charge is 0.181 e. The van der Waals surface area contributed by atoms with E-state index < -0.39 is 4.32 Å². The Labute approximate surface area is 102 Å². The number of hydrogen-bond acceptors (Lipinski definition) is 1. The number of ketones is 1. The molecule has 0 aliphatic heterocycles. The molecule has 0 N–H and O–H groups in total. The van der Waals surface area contributed by atoms with E-state index in [9.17, 15) is 4.79 Å². The van der Waals surface area contributed by atoms with Crippen molar-refractivity contribution in [1.29, 1.82) is 0 Å². The van der Waals surface area contributed by atoms with Crippen LogP contribution in [0.15, 0.2) is 30.3 Å². The minimum atomic E-state index is -0.850. The predicted molar refractivity (Wildman–Crippen MR) is 63.9 cm³/mol. The Morgan fingerprint density at radius 3 is 2.14 bits per heavy atom. The summed E-state index contributed by atoms with van der Waals surface area (Å²) in [5.41, 5.74) is 0.616. The van der Waals surface area contributed by atoms with Crippen LogP contribution in [0, 0.1) is 0 Å². The third kappa shape index (κ3) is 2.50. The van der Waals surface area contributed by atoms with Gasteiger partial charge in [-0.15, -0.1) is 23.2 Å². The van der Waals surface area contributed by atoms with Gasteiger partial charge in [0, 0.05) is 17.3 Å². The van der Waals surface area contributed by atoms with Crippen molar-refractivity contribution in [1.82, 2.24) is 0 Å². The fraction of sp³-hybridized carbons (Fsp3) is 0.300. The lowest BCUT2D eigenvalue weighted by atomic mass is 10.0. The molecular formula is C10H9BrCl2O. The first kappa shape index (κ1) is 12.0. The Bertz CT molecular complexity index is 309. The van der Waals surface area contributed by atoms with Crippen molar-refractivity contribution in [3.05, 3.63) is 35.9 Å². The number of Topliss-reactive ketones (excluding diaryl/α,β-unsaturated/α-hetero) is 1. The number of hydrogen-bond donors (Lipinski definition) is 0. The highest BCUT2D eigenvalue weighted by atomic mass is 79.9. The van der Waals surface area contributed by atoms with Crippen LogP contribution in [0.4, 0.5) is 0 Å². The molecule has 0 bridgehead atoms. The molecule has 0 radical (unpaired) electrons. The van der Waals surface area contributed by atoms with Crippen molar-refractivity contribution in [2.45, 2.75) is 4.32 Å². The third-order valence-electron chi connectivity index (χ3n) is 1.87. The highest BCUT2D eigenvalue weighted by molar-refractivity contribution is 9.10. The summed E-state index contributed by atoms with van der Waals surface area (Å²) in [5.74, 6) is 0.233. The second kappa shape index (κ2) is 5.15. The molecule has 0 aromatic heterocycles. The van der Waals surface area contributed by atoms with E-state index in [0.29, 0.717) is 5.56 Å². The van der Waals surface area contributed by atoms with Crippen LogP contribution in [0.3, 0.4) is 0 Å². The van der Waals surface area contributed by atoms with Crippen LogP contribution < -0.4 is 0 Å². The van der Waals surface area contributed by atoms with Gasteiger partial charge in [-0.1, -0.05) is 46.3 Å². The average molecular weight is 296 g/mol. The molecule has 0 amide bonds. The fourth-order valence-electron chi connectivity index (χ4n) is 1.01. The van der Waals surface area contributed by atoms with Crippen molar-refractivity contribution in [2.24, 2.45) is 0 Å². The Morgan fingerprint density at radius 1 is 1.21 bits per heavy atom. The van der Waals surface area contributed by atoms with Gasteiger partial charge in [0.1, 0.15) is 4.32 Å². The Hall–Kier alpha value is -0.0500. The Morgan fingerprint density at radius 2 is 1.71 bits per heavy atom. The van der Waals surface area contributed by atoms with E-state index in [-0.39, 0.29) is 17.5 Å². The molecule has 1 aromatic rings. The first-order chi connectivity index (χ1) is 6.64. The SMILES string of the molecule is O=C(c1ccccc1)C(Br)(CCl)CCl. The minimum Gasteiger partial charge on any atom is -0.292 e. The largest absolute Gasteiger partial charge is 0.292 e. The van der Waals surface area contributed by atoms with E-state index in [2.05, 4.69) is 15.9 Å². The van der Waals surface area contributed by atoms with Crippen molar-refractivity contribution >= 4 is 44.9 Å². The van der Waals surface area contributed by atoms with E-state index in [4.69, 9.17) is 23.2 Å². The Balaban J connectivity index is 2.95. The molecule has 76 valence electrons. The first-order valence-corrected chi connectivity index (χ1v) is 5.91. The standard InChI is InChI=1S/C10H9BrCl2O/c11-10(6-12,7-13)9(14)8-4-2-1-3-5-8/h1-5H,6-7H2. The number of benzene rings is 1. The normalized spacial score (nSPS) is 11.4. The molecule has 0 spiro atoms. The third-order valence-corrected chi connectivity index (χ3v) is 4.35. The number of carbonyl (C=O) groups excluding carboxylic acids is 1. The zero-order chi connectivity index (χ0) is 10.6. The summed E-state index contributed by atoms with van der Waals surface area (Å²) in [4.78, 5) is 11.9. The molecule has 0 aliphatic rings. The molecular weight excluding hydrogens is 287 g/mol. The van der Waals surface area contributed by atoms with E-state index >= 15 is 0 Å². The summed E-state index contributed by atoms with van der Waals surface area (Å²) in [6.45, 7) is 0. The maximum atomic E-state index is 11.9. The maximum absolute atomic E-state index is 11.9. The zero-order valence-electron chi connectivity index (χ0n) is 7.34. The van der Waals surface area contributed by atoms with Crippen LogP contribution in [-0.2, 0) is 0 Å². The van der Waals surface area contributed by atoms with Gasteiger partial charge in [0.2, 0.25) is 0 Å². The molecule has 0 saturated carbocycles. The summed E-state index contributed by atoms with van der Waals surface area (Å²) < 4.78 is -0.850. The summed E-state index contributed by atoms with van der Waals surface area (Å²) in [7, 11) is 0. The highest BCUT2D eigenvalue weighted by Gasteiger charge is 2.34. The molecule has 0 fully saturated rings. The van der Waals surface area contributed by atoms with Gasteiger partial charge >= 0.3 is 0 Å².